The number of hydrogen-bond donors (Lipinski definition) is 0. The Balaban J connectivity index is 2.48. The molecular weight excluding hydrogens is 244 g/mol. The number of halogens is 1. The summed E-state index contributed by atoms with van der Waals surface area (Å²) in [5, 5.41) is 0. The zero-order chi connectivity index (χ0) is 7.14. The van der Waals surface area contributed by atoms with E-state index in [0.717, 1.165) is 3.14 Å². The first kappa shape index (κ1) is 7.89. The molecule has 10 heavy (non-hydrogen) atoms. The molecule has 0 fully saturated rings. The van der Waals surface area contributed by atoms with Crippen molar-refractivity contribution in [1.82, 2.24) is 0 Å². The van der Waals surface area contributed by atoms with Crippen LogP contribution in [0.1, 0.15) is 0 Å². The molecule has 0 N–H and O–H groups in total. The lowest BCUT2D eigenvalue weighted by Gasteiger charge is -1.90. The first-order chi connectivity index (χ1) is 4.75. The van der Waals surface area contributed by atoms with Gasteiger partial charge in [-0.25, -0.2) is 0 Å². The highest BCUT2D eigenvalue weighted by molar-refractivity contribution is 8.23. The van der Waals surface area contributed by atoms with Crippen LogP contribution in [0.2, 0.25) is 0 Å². The average Bonchev–Trinajstić information content (AvgIpc) is 2.21. The van der Waals surface area contributed by atoms with E-state index in [1.807, 2.05) is 0 Å². The molecule has 0 amide bonds. The molecule has 0 nitrogen and oxygen atoms in total. The van der Waals surface area contributed by atoms with Gasteiger partial charge in [-0.2, -0.15) is 0 Å². The van der Waals surface area contributed by atoms with Crippen molar-refractivity contribution in [2.75, 3.05) is 0 Å². The van der Waals surface area contributed by atoms with Gasteiger partial charge in [-0.15, -0.1) is 22.7 Å². The lowest BCUT2D eigenvalue weighted by atomic mass is 11.1. The molecule has 0 saturated heterocycles. The van der Waals surface area contributed by atoms with Crippen molar-refractivity contribution >= 4 is 70.0 Å². The molecule has 0 spiro atoms. The maximum absolute atomic E-state index is 5.88. The second-order valence-electron chi connectivity index (χ2n) is 1.54. The van der Waals surface area contributed by atoms with Gasteiger partial charge in [0.25, 0.3) is 0 Å². The van der Waals surface area contributed by atoms with Crippen LogP contribution in [0.25, 0.3) is 0 Å². The van der Waals surface area contributed by atoms with Crippen molar-refractivity contribution in [2.45, 2.75) is 12.5 Å². The van der Waals surface area contributed by atoms with Gasteiger partial charge in [0, 0.05) is 0 Å². The van der Waals surface area contributed by atoms with Crippen LogP contribution in [0.5, 0.6) is 0 Å². The Labute approximate surface area is 85.0 Å². The Morgan fingerprint density at radius 3 is 2.20 bits per heavy atom. The summed E-state index contributed by atoms with van der Waals surface area (Å²) in [4.78, 5) is 0. The molecule has 1 aliphatic heterocycles. The van der Waals surface area contributed by atoms with Crippen molar-refractivity contribution in [3.63, 3.8) is 0 Å². The molecule has 0 unspecified atom stereocenters. The number of hydrogen-bond acceptors (Lipinski definition) is 5. The highest BCUT2D eigenvalue weighted by Crippen LogP contribution is 2.54. The summed E-state index contributed by atoms with van der Waals surface area (Å²) < 4.78 is 3.79. The topological polar surface area (TPSA) is 0 Å². The minimum absolute atomic E-state index is 0.174. The largest absolute Gasteiger partial charge is 0.145 e. The average molecular weight is 245 g/mol. The van der Waals surface area contributed by atoms with E-state index in [-0.39, 0.29) is 4.04 Å². The van der Waals surface area contributed by atoms with Crippen LogP contribution < -0.4 is 0 Å². The van der Waals surface area contributed by atoms with Crippen LogP contribution in [0.3, 0.4) is 0 Å². The van der Waals surface area contributed by atoms with Crippen molar-refractivity contribution in [1.29, 1.82) is 0 Å². The fourth-order valence-corrected chi connectivity index (χ4v) is 7.92. The zero-order valence-electron chi connectivity index (χ0n) is 4.50. The van der Waals surface area contributed by atoms with Gasteiger partial charge in [-0.05, 0) is 0 Å². The first-order valence-corrected chi connectivity index (χ1v) is 6.61. The van der Waals surface area contributed by atoms with Crippen LogP contribution in [0.4, 0.5) is 0 Å². The molecule has 1 aromatic heterocycles. The lowest BCUT2D eigenvalue weighted by molar-refractivity contribution is 1.56. The third-order valence-corrected chi connectivity index (χ3v) is 6.94. The van der Waals surface area contributed by atoms with Gasteiger partial charge in [0.2, 0.25) is 0 Å². The van der Waals surface area contributed by atoms with E-state index in [2.05, 4.69) is 0 Å². The summed E-state index contributed by atoms with van der Waals surface area (Å²) in [5.74, 6) is 0. The van der Waals surface area contributed by atoms with E-state index in [4.69, 9.17) is 23.8 Å². The van der Waals surface area contributed by atoms with Gasteiger partial charge in [-0.3, -0.25) is 0 Å². The standard InChI is InChI=1S/C4HClS5/c5-3-7-1-2(8-3)10-4(6)9-1/h3H. The van der Waals surface area contributed by atoms with Crippen LogP contribution in [0.15, 0.2) is 8.42 Å². The van der Waals surface area contributed by atoms with E-state index in [0.29, 0.717) is 0 Å². The van der Waals surface area contributed by atoms with Crippen molar-refractivity contribution in [3.8, 4) is 0 Å². The fourth-order valence-electron chi connectivity index (χ4n) is 0.592. The first-order valence-electron chi connectivity index (χ1n) is 2.37. The summed E-state index contributed by atoms with van der Waals surface area (Å²) in [7, 11) is 0. The van der Waals surface area contributed by atoms with Gasteiger partial charge in [-0.1, -0.05) is 47.3 Å². The Morgan fingerprint density at radius 1 is 1.20 bits per heavy atom. The Kier molecular flexibility index (Phi) is 2.33. The summed E-state index contributed by atoms with van der Waals surface area (Å²) in [6.07, 6.45) is 0. The van der Waals surface area contributed by atoms with Crippen LogP contribution in [-0.2, 0) is 0 Å². The number of alkyl halides is 1. The van der Waals surface area contributed by atoms with E-state index < -0.39 is 0 Å². The molecule has 1 aromatic rings. The molecule has 0 saturated carbocycles. The number of rotatable bonds is 0. The van der Waals surface area contributed by atoms with Gasteiger partial charge >= 0.3 is 0 Å². The maximum Gasteiger partial charge on any atom is 0.145 e. The van der Waals surface area contributed by atoms with E-state index >= 15 is 0 Å². The van der Waals surface area contributed by atoms with Gasteiger partial charge in [0.1, 0.15) is 7.18 Å². The second-order valence-corrected chi connectivity index (χ2v) is 8.76. The maximum atomic E-state index is 5.88. The molecule has 0 radical (unpaired) electrons. The molecule has 0 aromatic carbocycles. The van der Waals surface area contributed by atoms with E-state index in [1.165, 1.54) is 8.42 Å². The Hall–Kier alpha value is 1.26. The van der Waals surface area contributed by atoms with Gasteiger partial charge in [0.05, 0.1) is 8.42 Å². The minimum Gasteiger partial charge on any atom is -0.105 e. The summed E-state index contributed by atoms with van der Waals surface area (Å²) in [5.41, 5.74) is 0. The van der Waals surface area contributed by atoms with Crippen LogP contribution >= 0.6 is 70.0 Å². The van der Waals surface area contributed by atoms with E-state index in [9.17, 15) is 0 Å². The minimum atomic E-state index is 0.174. The predicted molar refractivity (Wildman–Crippen MR) is 54.4 cm³/mol. The number of thioether (sulfide) groups is 2. The Morgan fingerprint density at radius 2 is 1.70 bits per heavy atom. The van der Waals surface area contributed by atoms with Crippen molar-refractivity contribution in [2.24, 2.45) is 0 Å². The molecule has 2 rings (SSSR count). The summed E-state index contributed by atoms with van der Waals surface area (Å²) in [6.45, 7) is 0. The second kappa shape index (κ2) is 2.95. The van der Waals surface area contributed by atoms with Gasteiger partial charge in [0.15, 0.2) is 0 Å². The van der Waals surface area contributed by atoms with Crippen LogP contribution in [-0.4, -0.2) is 4.04 Å². The molecule has 54 valence electrons. The lowest BCUT2D eigenvalue weighted by Crippen LogP contribution is -1.69. The summed E-state index contributed by atoms with van der Waals surface area (Å²) in [6, 6.07) is 0. The van der Waals surface area contributed by atoms with Crippen molar-refractivity contribution < 1.29 is 0 Å². The highest BCUT2D eigenvalue weighted by Gasteiger charge is 2.23. The quantitative estimate of drug-likeness (QED) is 0.495. The molecule has 0 bridgehead atoms. The van der Waals surface area contributed by atoms with Gasteiger partial charge < -0.3 is 0 Å². The molecule has 0 atom stereocenters. The smallest absolute Gasteiger partial charge is 0.105 e. The zero-order valence-corrected chi connectivity index (χ0v) is 9.33. The van der Waals surface area contributed by atoms with Crippen molar-refractivity contribution in [3.05, 3.63) is 3.14 Å². The molecule has 2 heterocycles. The highest BCUT2D eigenvalue weighted by atomic mass is 35.5. The Bertz CT molecular complexity index is 272. The fraction of sp³-hybridized carbons (Fsp3) is 0.250. The van der Waals surface area contributed by atoms with Crippen LogP contribution in [0, 0.1) is 3.14 Å². The molecular formula is C4HClS5. The SMILES string of the molecule is S=c1sc2c(s1)SC(Cl)S2. The predicted octanol–water partition coefficient (Wildman–Crippen LogP) is 4.26. The molecule has 0 aliphatic carbocycles. The third kappa shape index (κ3) is 1.40. The molecule has 6 heteroatoms. The summed E-state index contributed by atoms with van der Waals surface area (Å²) >= 11 is 17.7. The monoisotopic (exact) mass is 244 g/mol. The normalized spacial score (nSPS) is 17.7. The molecule has 1 aliphatic rings. The third-order valence-electron chi connectivity index (χ3n) is 0.918. The van der Waals surface area contributed by atoms with E-state index in [1.54, 1.807) is 46.2 Å². The number of fused-ring (bicyclic) bond motifs is 1.